The molecule has 2 unspecified atom stereocenters. The van der Waals surface area contributed by atoms with Gasteiger partial charge in [0.05, 0.1) is 53.8 Å². The number of aliphatic imine (C=N–C) groups is 2. The number of aliphatic hydroxyl groups excluding tert-OH is 1. The fraction of sp³-hybridized carbons (Fsp3) is 0.932. The minimum atomic E-state index is -1.34. The van der Waals surface area contributed by atoms with E-state index < -0.39 is 15.2 Å². The molecule has 0 aliphatic heterocycles. The molecule has 0 heterocycles. The maximum Gasteiger partial charge on any atom is 0.306 e. The molecular formula is C44H90B2N2O7P2S2. The van der Waals surface area contributed by atoms with E-state index in [1.807, 2.05) is 27.7 Å². The highest BCUT2D eigenvalue weighted by molar-refractivity contribution is 8.53. The van der Waals surface area contributed by atoms with Crippen molar-refractivity contribution >= 4 is 71.0 Å². The van der Waals surface area contributed by atoms with Crippen LogP contribution in [-0.4, -0.2) is 107 Å². The predicted octanol–water partition coefficient (Wildman–Crippen LogP) is 12.5. The van der Waals surface area contributed by atoms with Gasteiger partial charge in [-0.2, -0.15) is 0 Å². The van der Waals surface area contributed by atoms with Gasteiger partial charge in [-0.15, -0.1) is 0 Å². The first-order valence-corrected chi connectivity index (χ1v) is 27.7. The summed E-state index contributed by atoms with van der Waals surface area (Å²) < 4.78 is 57.6. The van der Waals surface area contributed by atoms with E-state index in [9.17, 15) is 9.90 Å². The van der Waals surface area contributed by atoms with Crippen LogP contribution in [0.1, 0.15) is 203 Å². The Labute approximate surface area is 383 Å². The molecule has 9 nitrogen and oxygen atoms in total. The van der Waals surface area contributed by atoms with Crippen molar-refractivity contribution in [2.24, 2.45) is 9.98 Å². The van der Waals surface area contributed by atoms with Crippen LogP contribution in [0, 0.1) is 0 Å². The van der Waals surface area contributed by atoms with Gasteiger partial charge in [-0.25, -0.2) is 0 Å². The van der Waals surface area contributed by atoms with Gasteiger partial charge < -0.3 is 27.7 Å². The number of aliphatic hydroxyl groups is 1. The van der Waals surface area contributed by atoms with E-state index in [0.717, 1.165) is 88.3 Å². The average molecular weight is 913 g/mol. The van der Waals surface area contributed by atoms with Gasteiger partial charge in [0.1, 0.15) is 21.2 Å². The molecular weight excluding hydrogens is 816 g/mol. The fourth-order valence-electron chi connectivity index (χ4n) is 6.32. The van der Waals surface area contributed by atoms with E-state index in [-0.39, 0.29) is 30.3 Å². The van der Waals surface area contributed by atoms with Crippen LogP contribution in [0.25, 0.3) is 0 Å². The second-order valence-corrected chi connectivity index (χ2v) is 19.2. The van der Waals surface area contributed by atoms with Crippen molar-refractivity contribution in [1.82, 2.24) is 0 Å². The first-order valence-electron chi connectivity index (χ1n) is 25.1. The molecule has 0 aromatic carbocycles. The Morgan fingerprint density at radius 2 is 1.05 bits per heavy atom. The van der Waals surface area contributed by atoms with E-state index in [1.54, 1.807) is 0 Å². The molecule has 0 saturated carbocycles. The number of ether oxygens (including phenoxy) is 3. The van der Waals surface area contributed by atoms with Gasteiger partial charge >= 0.3 is 5.97 Å². The van der Waals surface area contributed by atoms with Gasteiger partial charge in [0.15, 0.2) is 0 Å². The normalized spacial score (nSPS) is 15.1. The zero-order valence-electron chi connectivity index (χ0n) is 42.7. The first kappa shape index (κ1) is 53.6. The van der Waals surface area contributed by atoms with E-state index in [1.165, 1.54) is 96.3 Å². The summed E-state index contributed by atoms with van der Waals surface area (Å²) in [6.45, 7) is 17.0. The van der Waals surface area contributed by atoms with Gasteiger partial charge in [0.2, 0.25) is 0 Å². The number of carbonyl (C=O) groups excluding carboxylic acids is 1. The van der Waals surface area contributed by atoms with E-state index >= 15 is 0 Å². The van der Waals surface area contributed by atoms with E-state index in [4.69, 9.17) is 27.8 Å². The van der Waals surface area contributed by atoms with Crippen molar-refractivity contribution in [2.75, 3.05) is 39.6 Å². The molecule has 0 saturated heterocycles. The summed E-state index contributed by atoms with van der Waals surface area (Å²) in [7, 11) is -0.453. The Morgan fingerprint density at radius 3 is 1.51 bits per heavy atom. The van der Waals surface area contributed by atoms with Crippen LogP contribution in [0.15, 0.2) is 9.98 Å². The molecule has 15 heteroatoms. The largest absolute Gasteiger partial charge is 0.462 e. The molecule has 0 aromatic rings. The third-order valence-corrected chi connectivity index (χ3v) is 11.3. The van der Waals surface area contributed by atoms with Crippen molar-refractivity contribution in [2.45, 2.75) is 227 Å². The molecule has 6 atom stereocenters. The molecule has 59 heavy (non-hydrogen) atoms. The molecule has 346 valence electrons. The maximum atomic E-state index is 12.5. The highest BCUT2D eigenvalue weighted by atomic mass is 32.7. The van der Waals surface area contributed by atoms with Gasteiger partial charge in [0, 0.05) is 54.2 Å². The number of esters is 1. The Bertz CT molecular complexity index is 1070. The van der Waals surface area contributed by atoms with Gasteiger partial charge in [0.25, 0.3) is 0 Å². The summed E-state index contributed by atoms with van der Waals surface area (Å²) in [5, 5.41) is 9.97. The van der Waals surface area contributed by atoms with Crippen molar-refractivity contribution in [1.29, 1.82) is 5.23 Å². The van der Waals surface area contributed by atoms with E-state index in [0.29, 0.717) is 58.9 Å². The van der Waals surface area contributed by atoms with Crippen LogP contribution in [0.2, 0.25) is 0 Å². The lowest BCUT2D eigenvalue weighted by molar-refractivity contribution is -0.150. The van der Waals surface area contributed by atoms with Crippen LogP contribution in [0.4, 0.5) is 0 Å². The zero-order valence-corrected chi connectivity index (χ0v) is 42.1. The molecule has 0 aromatic heterocycles. The average Bonchev–Trinajstić information content (AvgIpc) is 3.25. The second-order valence-electron chi connectivity index (χ2n) is 15.9. The number of nitrogens with zero attached hydrogens (tertiary/aromatic N) is 2. The van der Waals surface area contributed by atoms with Crippen molar-refractivity contribution in [3.05, 3.63) is 0 Å². The summed E-state index contributed by atoms with van der Waals surface area (Å²) in [4.78, 5) is 21.6. The Morgan fingerprint density at radius 1 is 0.627 bits per heavy atom. The topological polar surface area (TPSA) is 108 Å². The van der Waals surface area contributed by atoms with Crippen LogP contribution in [-0.2, 0) is 27.4 Å². The van der Waals surface area contributed by atoms with E-state index in [2.05, 4.69) is 30.8 Å². The molecule has 0 bridgehead atoms. The highest BCUT2D eigenvalue weighted by Gasteiger charge is 2.16. The Hall–Kier alpha value is 0.300. The fourth-order valence-corrected chi connectivity index (χ4v) is 7.61. The van der Waals surface area contributed by atoms with Crippen LogP contribution >= 0.6 is 38.5 Å². The van der Waals surface area contributed by atoms with Gasteiger partial charge in [-0.3, -0.25) is 14.8 Å². The standard InChI is InChI=1S/C28H56BNO4PS.C16H34BNO3PS/c1-5-7-9-11-12-13-14-16-18-20-28(31)34-27(19-17-15-10-8-6-2)21-22-32-23-26(30-25(3)4)24-33-36-35-29;1-4-5-6-7-8-9-16(19)10-11-20-12-15(18-14(2)3)13-21-23-22-17/h26-27,29,35H,5-24H2,1-4H3;15-17,19,22H,4-13H2,1-3H3/t26-,27-,35?;15-,16-,22?/m11/s1/i29T,35D;17T,22D. The molecule has 2 radical (unpaired) electrons. The lowest BCUT2D eigenvalue weighted by Crippen LogP contribution is -2.23. The van der Waals surface area contributed by atoms with Crippen LogP contribution in [0.3, 0.4) is 0 Å². The molecule has 0 fully saturated rings. The van der Waals surface area contributed by atoms with Crippen molar-refractivity contribution < 1.29 is 32.5 Å². The SMILES string of the molecule is [2H]P([B][3H])SOC[C@@H](COCC[C@@H](CCCCCCC)OC(=O)CCCCCCCCCCC)N=C(C)C.[2H]P([B][3H])SOC[C@@H](COCC[C@H](O)CCCCCCC)N=C(C)C. The summed E-state index contributed by atoms with van der Waals surface area (Å²) in [5.74, 6) is -0.0703. The van der Waals surface area contributed by atoms with Crippen molar-refractivity contribution in [3.8, 4) is 0 Å². The summed E-state index contributed by atoms with van der Waals surface area (Å²) in [5.41, 5.74) is 1.90. The molecule has 1 N–H and O–H groups in total. The summed E-state index contributed by atoms with van der Waals surface area (Å²) >= 11 is 2.03. The summed E-state index contributed by atoms with van der Waals surface area (Å²) in [6.07, 6.45) is 26.4. The smallest absolute Gasteiger partial charge is 0.306 e. The van der Waals surface area contributed by atoms with Crippen LogP contribution < -0.4 is 0 Å². The molecule has 0 aliphatic rings. The zero-order chi connectivity index (χ0) is 47.2. The maximum absolute atomic E-state index is 12.5. The number of carbonyl (C=O) groups is 1. The van der Waals surface area contributed by atoms with Crippen LogP contribution in [0.5, 0.6) is 0 Å². The monoisotopic (exact) mass is 913 g/mol. The third-order valence-electron chi connectivity index (χ3n) is 9.45. The minimum Gasteiger partial charge on any atom is -0.462 e. The summed E-state index contributed by atoms with van der Waals surface area (Å²) in [6, 6.07) is -0.263. The number of rotatable bonds is 45. The lowest BCUT2D eigenvalue weighted by Gasteiger charge is -2.19. The molecule has 0 aliphatic carbocycles. The highest BCUT2D eigenvalue weighted by Crippen LogP contribution is 2.25. The lowest BCUT2D eigenvalue weighted by atomic mass is 10.1. The molecule has 0 rings (SSSR count). The Balaban J connectivity index is 0. The number of hydrogen-bond donors (Lipinski definition) is 1. The molecule has 0 amide bonds. The molecule has 0 spiro atoms. The minimum absolute atomic E-state index is 0.0703. The predicted molar refractivity (Wildman–Crippen MR) is 269 cm³/mol. The Kier molecular flexibility index (Phi) is 44.8. The second kappa shape index (κ2) is 49.3. The van der Waals surface area contributed by atoms with Crippen molar-refractivity contribution in [3.63, 3.8) is 0 Å². The quantitative estimate of drug-likeness (QED) is 0.0160. The van der Waals surface area contributed by atoms with Gasteiger partial charge in [-0.05, 0) is 62.5 Å². The first-order chi connectivity index (χ1) is 30.4. The number of unbranched alkanes of at least 4 members (excludes halogenated alkanes) is 16. The number of hydrogen-bond acceptors (Lipinski definition) is 11. The van der Waals surface area contributed by atoms with Gasteiger partial charge in [-0.1, -0.05) is 145 Å². The third kappa shape index (κ3) is 49.2.